The van der Waals surface area contributed by atoms with E-state index in [1.54, 1.807) is 17.1 Å². The molecule has 6 aliphatic rings. The standard InChI is InChI=1S/C48H60N4O5/c1-4-7-8-11-15-36(5-2)47(42-32-39-17-14-16-38(42)33-44(39)53)37-18-20-41(21-19-37)57-29-13-10-9-12-24-50-25-27-51(28-26-50)40(6-3)30-35-31-46(55)52(34-35)43-22-23-45(54)49-48(43)56/h4,6-8,11,15,18-21,30-31,33,42-43,53H,1,3,5,9-10,12-14,16-17,22-29,32,34H2,2H3,(H,49,54,56)/b8-7-,15-11+,40-30+,47-36+. The van der Waals surface area contributed by atoms with Gasteiger partial charge in [0.25, 0.3) is 0 Å². The summed E-state index contributed by atoms with van der Waals surface area (Å²) in [5, 5.41) is 13.0. The van der Waals surface area contributed by atoms with Crippen molar-refractivity contribution in [2.75, 3.05) is 45.9 Å². The van der Waals surface area contributed by atoms with Crippen molar-refractivity contribution in [1.82, 2.24) is 20.0 Å². The largest absolute Gasteiger partial charge is 0.508 e. The number of carbonyl (C=O) groups is 3. The molecule has 3 amide bonds. The van der Waals surface area contributed by atoms with Gasteiger partial charge in [0.05, 0.1) is 6.61 Å². The van der Waals surface area contributed by atoms with E-state index in [2.05, 4.69) is 71.6 Å². The van der Waals surface area contributed by atoms with Crippen LogP contribution in [0, 0.1) is 5.92 Å². The molecule has 2 bridgehead atoms. The fourth-order valence-corrected chi connectivity index (χ4v) is 8.76. The van der Waals surface area contributed by atoms with Gasteiger partial charge in [-0.2, -0.15) is 0 Å². The number of benzene rings is 1. The number of aliphatic hydroxyl groups is 1. The maximum Gasteiger partial charge on any atom is 0.249 e. The topological polar surface area (TPSA) is 102 Å². The lowest BCUT2D eigenvalue weighted by Crippen LogP contribution is -2.53. The number of carbonyl (C=O) groups excluding carboxylic acids is 3. The molecule has 57 heavy (non-hydrogen) atoms. The Bertz CT molecular complexity index is 1890. The minimum Gasteiger partial charge on any atom is -0.508 e. The number of nitrogens with one attached hydrogen (secondary N) is 1. The SMILES string of the molecule is C=C\C=C/C=C/C(CC)=C(\c1ccc(OCCCCCCN2CCN(/C(C=C)=C/C3=CC(=O)N(C4CCC(=O)NC4=O)C3)CC2)cc1)C1CC2=C(O)C=C1CCC2. The average Bonchev–Trinajstić information content (AvgIpc) is 3.33. The molecule has 1 aromatic carbocycles. The summed E-state index contributed by atoms with van der Waals surface area (Å²) in [5.74, 6) is 0.789. The number of piperazine rings is 1. The van der Waals surface area contributed by atoms with Crippen molar-refractivity contribution in [2.45, 2.75) is 83.6 Å². The summed E-state index contributed by atoms with van der Waals surface area (Å²) in [6.45, 7) is 15.9. The Morgan fingerprint density at radius 2 is 1.74 bits per heavy atom. The Hall–Kier alpha value is -5.15. The Kier molecular flexibility index (Phi) is 14.8. The van der Waals surface area contributed by atoms with Gasteiger partial charge < -0.3 is 19.6 Å². The Morgan fingerprint density at radius 3 is 2.47 bits per heavy atom. The first-order valence-corrected chi connectivity index (χ1v) is 21.0. The van der Waals surface area contributed by atoms with E-state index < -0.39 is 11.9 Å². The predicted octanol–water partition coefficient (Wildman–Crippen LogP) is 8.29. The van der Waals surface area contributed by atoms with Crippen molar-refractivity contribution in [1.29, 1.82) is 0 Å². The van der Waals surface area contributed by atoms with Gasteiger partial charge >= 0.3 is 0 Å². The molecule has 3 fully saturated rings. The first kappa shape index (κ1) is 41.5. The molecule has 1 saturated carbocycles. The van der Waals surface area contributed by atoms with Gasteiger partial charge in [-0.1, -0.05) is 81.0 Å². The number of nitrogens with zero attached hydrogens (tertiary/aromatic N) is 3. The van der Waals surface area contributed by atoms with E-state index in [1.165, 1.54) is 34.3 Å². The molecule has 7 rings (SSSR count). The number of aliphatic hydroxyl groups excluding tert-OH is 1. The van der Waals surface area contributed by atoms with Gasteiger partial charge in [-0.25, -0.2) is 0 Å². The molecular formula is C48H60N4O5. The molecule has 2 saturated heterocycles. The van der Waals surface area contributed by atoms with Crippen LogP contribution in [-0.2, 0) is 14.4 Å². The van der Waals surface area contributed by atoms with Crippen LogP contribution in [0.25, 0.3) is 5.57 Å². The van der Waals surface area contributed by atoms with Crippen LogP contribution in [0.2, 0.25) is 0 Å². The van der Waals surface area contributed by atoms with Crippen LogP contribution in [-0.4, -0.2) is 89.4 Å². The van der Waals surface area contributed by atoms with Crippen molar-refractivity contribution < 1.29 is 24.2 Å². The van der Waals surface area contributed by atoms with Crippen LogP contribution in [0.1, 0.15) is 83.1 Å². The maximum atomic E-state index is 12.7. The molecule has 0 spiro atoms. The van der Waals surface area contributed by atoms with Gasteiger partial charge in [0.2, 0.25) is 17.7 Å². The molecule has 3 heterocycles. The van der Waals surface area contributed by atoms with Crippen LogP contribution < -0.4 is 10.1 Å². The van der Waals surface area contributed by atoms with E-state index in [0.717, 1.165) is 101 Å². The van der Waals surface area contributed by atoms with E-state index in [9.17, 15) is 19.5 Å². The number of fused-ring (bicyclic) bond motifs is 4. The highest BCUT2D eigenvalue weighted by molar-refractivity contribution is 6.03. The smallest absolute Gasteiger partial charge is 0.249 e. The molecule has 9 heteroatoms. The van der Waals surface area contributed by atoms with Crippen LogP contribution >= 0.6 is 0 Å². The van der Waals surface area contributed by atoms with Gasteiger partial charge in [0.1, 0.15) is 17.6 Å². The normalized spacial score (nSPS) is 22.5. The summed E-state index contributed by atoms with van der Waals surface area (Å²) >= 11 is 0. The first-order chi connectivity index (χ1) is 27.8. The summed E-state index contributed by atoms with van der Waals surface area (Å²) in [5.41, 5.74) is 8.24. The first-order valence-electron chi connectivity index (χ1n) is 21.0. The van der Waals surface area contributed by atoms with Gasteiger partial charge in [0.15, 0.2) is 0 Å². The third-order valence-corrected chi connectivity index (χ3v) is 11.9. The molecular weight excluding hydrogens is 713 g/mol. The fourth-order valence-electron chi connectivity index (χ4n) is 8.76. The molecule has 3 aliphatic carbocycles. The van der Waals surface area contributed by atoms with Crippen molar-refractivity contribution >= 4 is 23.3 Å². The summed E-state index contributed by atoms with van der Waals surface area (Å²) < 4.78 is 6.20. The number of amides is 3. The summed E-state index contributed by atoms with van der Waals surface area (Å²) in [4.78, 5) is 43.0. The lowest BCUT2D eigenvalue weighted by molar-refractivity contribution is -0.142. The second-order valence-electron chi connectivity index (χ2n) is 15.6. The Balaban J connectivity index is 0.919. The minimum absolute atomic E-state index is 0.189. The highest BCUT2D eigenvalue weighted by Gasteiger charge is 2.36. The van der Waals surface area contributed by atoms with E-state index in [-0.39, 0.29) is 24.2 Å². The van der Waals surface area contributed by atoms with Gasteiger partial charge in [-0.15, -0.1) is 0 Å². The zero-order valence-electron chi connectivity index (χ0n) is 33.7. The van der Waals surface area contributed by atoms with E-state index >= 15 is 0 Å². The second kappa shape index (κ2) is 20.3. The third kappa shape index (κ3) is 10.8. The number of piperidine rings is 1. The molecule has 2 atom stereocenters. The summed E-state index contributed by atoms with van der Waals surface area (Å²) in [6, 6.07) is 8.03. The monoisotopic (exact) mass is 772 g/mol. The molecule has 0 aromatic heterocycles. The number of rotatable bonds is 18. The van der Waals surface area contributed by atoms with Crippen LogP contribution in [0.3, 0.4) is 0 Å². The van der Waals surface area contributed by atoms with Crippen LogP contribution in [0.4, 0.5) is 0 Å². The number of imide groups is 1. The quantitative estimate of drug-likeness (QED) is 0.0880. The van der Waals surface area contributed by atoms with Crippen molar-refractivity contribution in [2.24, 2.45) is 5.92 Å². The van der Waals surface area contributed by atoms with Gasteiger partial charge in [0, 0.05) is 56.8 Å². The predicted molar refractivity (Wildman–Crippen MR) is 228 cm³/mol. The second-order valence-corrected chi connectivity index (χ2v) is 15.6. The zero-order chi connectivity index (χ0) is 40.1. The van der Waals surface area contributed by atoms with Gasteiger partial charge in [-0.05, 0) is 116 Å². The highest BCUT2D eigenvalue weighted by atomic mass is 16.5. The fraction of sp³-hybridized carbons (Fsp3) is 0.438. The highest BCUT2D eigenvalue weighted by Crippen LogP contribution is 2.46. The molecule has 1 aromatic rings. The van der Waals surface area contributed by atoms with Crippen molar-refractivity contribution in [3.8, 4) is 5.75 Å². The number of ether oxygens (including phenoxy) is 1. The Labute approximate surface area is 339 Å². The number of unbranched alkanes of at least 4 members (excludes halogenated alkanes) is 3. The van der Waals surface area contributed by atoms with E-state index in [0.29, 0.717) is 25.3 Å². The van der Waals surface area contributed by atoms with Crippen molar-refractivity contribution in [3.05, 3.63) is 131 Å². The average molecular weight is 773 g/mol. The van der Waals surface area contributed by atoms with Crippen LogP contribution in [0.5, 0.6) is 5.75 Å². The molecule has 2 unspecified atom stereocenters. The molecule has 0 radical (unpaired) electrons. The number of hydrogen-bond acceptors (Lipinski definition) is 7. The van der Waals surface area contributed by atoms with E-state index in [4.69, 9.17) is 4.74 Å². The lowest BCUT2D eigenvalue weighted by Gasteiger charge is -2.36. The minimum atomic E-state index is -0.603. The van der Waals surface area contributed by atoms with E-state index in [1.807, 2.05) is 30.4 Å². The lowest BCUT2D eigenvalue weighted by atomic mass is 9.77. The molecule has 3 aliphatic heterocycles. The molecule has 302 valence electrons. The summed E-state index contributed by atoms with van der Waals surface area (Å²) in [6.07, 6.45) is 27.5. The Morgan fingerprint density at radius 1 is 0.947 bits per heavy atom. The van der Waals surface area contributed by atoms with Crippen molar-refractivity contribution in [3.63, 3.8) is 0 Å². The zero-order valence-corrected chi connectivity index (χ0v) is 33.7. The summed E-state index contributed by atoms with van der Waals surface area (Å²) in [7, 11) is 0. The molecule has 9 nitrogen and oxygen atoms in total. The van der Waals surface area contributed by atoms with Crippen LogP contribution in [0.15, 0.2) is 126 Å². The third-order valence-electron chi connectivity index (χ3n) is 11.9. The molecule has 2 N–H and O–H groups in total. The number of hydrogen-bond donors (Lipinski definition) is 2. The maximum absolute atomic E-state index is 12.7. The van der Waals surface area contributed by atoms with Gasteiger partial charge in [-0.3, -0.25) is 24.6 Å². The number of allylic oxidation sites excluding steroid dienone is 11.